The second-order valence-corrected chi connectivity index (χ2v) is 3.26. The van der Waals surface area contributed by atoms with Crippen molar-refractivity contribution in [3.05, 3.63) is 71.2 Å². The van der Waals surface area contributed by atoms with Crippen LogP contribution < -0.4 is 10.4 Å². The molecule has 0 atom stereocenters. The van der Waals surface area contributed by atoms with Crippen LogP contribution in [0.15, 0.2) is 60.7 Å². The van der Waals surface area contributed by atoms with Crippen molar-refractivity contribution in [1.82, 2.24) is 0 Å². The van der Waals surface area contributed by atoms with Gasteiger partial charge in [0.1, 0.15) is 0 Å². The largest absolute Gasteiger partial charge is 0.0917 e. The Kier molecular flexibility index (Phi) is 2.46. The molecule has 0 spiro atoms. The Bertz CT molecular complexity index is 513. The fourth-order valence-electron chi connectivity index (χ4n) is 1.44. The molecule has 0 heterocycles. The molecular weight excluding hydrogens is 168 g/mol. The predicted molar refractivity (Wildman–Crippen MR) is 62.0 cm³/mol. The predicted octanol–water partition coefficient (Wildman–Crippen LogP) is 1.93. The molecule has 0 heteroatoms. The van der Waals surface area contributed by atoms with E-state index in [-0.39, 0.29) is 0 Å². The van der Waals surface area contributed by atoms with Crippen molar-refractivity contribution in [1.29, 1.82) is 0 Å². The minimum absolute atomic E-state index is 1.03. The van der Waals surface area contributed by atoms with Crippen LogP contribution in [-0.2, 0) is 0 Å². The van der Waals surface area contributed by atoms with Crippen LogP contribution in [0.2, 0.25) is 0 Å². The van der Waals surface area contributed by atoms with Crippen molar-refractivity contribution < 1.29 is 0 Å². The summed E-state index contributed by atoms with van der Waals surface area (Å²) >= 11 is 0. The van der Waals surface area contributed by atoms with E-state index in [1.807, 2.05) is 36.4 Å². The van der Waals surface area contributed by atoms with Crippen molar-refractivity contribution >= 4 is 12.2 Å². The zero-order valence-electron chi connectivity index (χ0n) is 7.98. The number of hydrogen-bond donors (Lipinski definition) is 0. The molecule has 1 aliphatic rings. The monoisotopic (exact) mass is 180 g/mol. The molecule has 1 aromatic rings. The number of benzene rings is 1. The fourth-order valence-corrected chi connectivity index (χ4v) is 1.44. The van der Waals surface area contributed by atoms with E-state index in [0.29, 0.717) is 0 Å². The van der Waals surface area contributed by atoms with Crippen LogP contribution in [-0.4, -0.2) is 0 Å². The van der Waals surface area contributed by atoms with E-state index in [1.165, 1.54) is 10.4 Å². The second-order valence-electron chi connectivity index (χ2n) is 3.26. The van der Waals surface area contributed by atoms with Gasteiger partial charge in [0.2, 0.25) is 0 Å². The van der Waals surface area contributed by atoms with E-state index in [4.69, 9.17) is 0 Å². The molecule has 0 fully saturated rings. The van der Waals surface area contributed by atoms with Crippen molar-refractivity contribution in [2.75, 3.05) is 0 Å². The highest BCUT2D eigenvalue weighted by Gasteiger charge is 1.86. The van der Waals surface area contributed by atoms with Gasteiger partial charge >= 0.3 is 0 Å². The maximum absolute atomic E-state index is 3.97. The molecule has 68 valence electrons. The summed E-state index contributed by atoms with van der Waals surface area (Å²) in [6, 6.07) is 8.30. The average Bonchev–Trinajstić information content (AvgIpc) is 2.27. The van der Waals surface area contributed by atoms with Gasteiger partial charge in [0.25, 0.3) is 0 Å². The van der Waals surface area contributed by atoms with Crippen molar-refractivity contribution in [2.45, 2.75) is 0 Å². The maximum Gasteiger partial charge on any atom is -0.0178 e. The minimum Gasteiger partial charge on any atom is -0.0917 e. The molecule has 0 saturated heterocycles. The van der Waals surface area contributed by atoms with E-state index >= 15 is 0 Å². The van der Waals surface area contributed by atoms with Crippen molar-refractivity contribution in [3.63, 3.8) is 0 Å². The van der Waals surface area contributed by atoms with Gasteiger partial charge in [-0.05, 0) is 22.1 Å². The topological polar surface area (TPSA) is 0 Å². The van der Waals surface area contributed by atoms with E-state index in [2.05, 4.69) is 30.9 Å². The summed E-state index contributed by atoms with van der Waals surface area (Å²) in [6.07, 6.45) is 12.3. The van der Waals surface area contributed by atoms with Crippen molar-refractivity contribution in [2.24, 2.45) is 0 Å². The van der Waals surface area contributed by atoms with Gasteiger partial charge in [-0.1, -0.05) is 61.2 Å². The summed E-state index contributed by atoms with van der Waals surface area (Å²) in [4.78, 5) is 0. The first-order valence-corrected chi connectivity index (χ1v) is 4.67. The molecule has 2 rings (SSSR count). The molecule has 0 nitrogen and oxygen atoms in total. The van der Waals surface area contributed by atoms with Crippen LogP contribution in [0.3, 0.4) is 0 Å². The van der Waals surface area contributed by atoms with Crippen LogP contribution in [0.25, 0.3) is 12.2 Å². The third-order valence-corrected chi connectivity index (χ3v) is 2.15. The lowest BCUT2D eigenvalue weighted by molar-refractivity contribution is 1.52. The highest BCUT2D eigenvalue weighted by atomic mass is 13.9. The molecular formula is C14H12. The molecule has 0 aromatic heterocycles. The van der Waals surface area contributed by atoms with Gasteiger partial charge in [-0.15, -0.1) is 0 Å². The van der Waals surface area contributed by atoms with E-state index in [0.717, 1.165) is 5.57 Å². The standard InChI is InChI=1S/C14H12/c1-12-7-3-2-4-8-13-9-5-6-10-14(13)11-12/h2-11H,1H2/b4-2-,7-3-,13-8-,14-11-. The first-order chi connectivity index (χ1) is 6.86. The number of allylic oxidation sites excluding steroid dienone is 5. The molecule has 1 aromatic carbocycles. The van der Waals surface area contributed by atoms with Crippen molar-refractivity contribution in [3.8, 4) is 0 Å². The highest BCUT2D eigenvalue weighted by Crippen LogP contribution is 1.95. The first kappa shape index (κ1) is 8.76. The van der Waals surface area contributed by atoms with E-state index in [9.17, 15) is 0 Å². The van der Waals surface area contributed by atoms with E-state index in [1.54, 1.807) is 0 Å². The fraction of sp³-hybridized carbons (Fsp3) is 0. The van der Waals surface area contributed by atoms with Crippen LogP contribution in [0.5, 0.6) is 0 Å². The quantitative estimate of drug-likeness (QED) is 0.572. The molecule has 0 unspecified atom stereocenters. The smallest absolute Gasteiger partial charge is 0.0178 e. The van der Waals surface area contributed by atoms with Gasteiger partial charge in [-0.2, -0.15) is 0 Å². The molecule has 0 amide bonds. The Morgan fingerprint density at radius 2 is 1.64 bits per heavy atom. The normalized spacial score (nSPS) is 23.9. The van der Waals surface area contributed by atoms with E-state index < -0.39 is 0 Å². The van der Waals surface area contributed by atoms with Crippen LogP contribution in [0.4, 0.5) is 0 Å². The highest BCUT2D eigenvalue weighted by molar-refractivity contribution is 5.54. The summed E-state index contributed by atoms with van der Waals surface area (Å²) in [5.74, 6) is 0. The van der Waals surface area contributed by atoms with Gasteiger partial charge in [0.15, 0.2) is 0 Å². The zero-order chi connectivity index (χ0) is 9.80. The SMILES string of the molecule is C=C1\C=C/C=C\C=c2\cccc\c2=C\1. The maximum atomic E-state index is 3.97. The number of fused-ring (bicyclic) bond motifs is 1. The molecule has 0 aliphatic heterocycles. The Balaban J connectivity index is 2.76. The average molecular weight is 180 g/mol. The molecule has 0 bridgehead atoms. The van der Waals surface area contributed by atoms with Gasteiger partial charge in [0.05, 0.1) is 0 Å². The first-order valence-electron chi connectivity index (χ1n) is 4.67. The molecule has 0 saturated carbocycles. The Hall–Kier alpha value is -1.82. The van der Waals surface area contributed by atoms with Crippen LogP contribution >= 0.6 is 0 Å². The third-order valence-electron chi connectivity index (χ3n) is 2.15. The van der Waals surface area contributed by atoms with Gasteiger partial charge in [0, 0.05) is 0 Å². The summed E-state index contributed by atoms with van der Waals surface area (Å²) in [6.45, 7) is 3.97. The molecule has 0 N–H and O–H groups in total. The summed E-state index contributed by atoms with van der Waals surface area (Å²) in [7, 11) is 0. The summed E-state index contributed by atoms with van der Waals surface area (Å²) in [5.41, 5.74) is 1.03. The minimum atomic E-state index is 1.03. The lowest BCUT2D eigenvalue weighted by Gasteiger charge is -1.90. The molecule has 14 heavy (non-hydrogen) atoms. The second kappa shape index (κ2) is 3.93. The van der Waals surface area contributed by atoms with Gasteiger partial charge < -0.3 is 0 Å². The number of hydrogen-bond acceptors (Lipinski definition) is 0. The van der Waals surface area contributed by atoms with Gasteiger partial charge in [-0.25, -0.2) is 0 Å². The zero-order valence-corrected chi connectivity index (χ0v) is 7.98. The van der Waals surface area contributed by atoms with Crippen LogP contribution in [0, 0.1) is 0 Å². The molecule has 0 radical (unpaired) electrons. The summed E-state index contributed by atoms with van der Waals surface area (Å²) in [5, 5.41) is 2.45. The van der Waals surface area contributed by atoms with Crippen LogP contribution in [0.1, 0.15) is 0 Å². The Morgan fingerprint density at radius 3 is 2.50 bits per heavy atom. The Morgan fingerprint density at radius 1 is 0.857 bits per heavy atom. The Labute approximate surface area is 83.9 Å². The van der Waals surface area contributed by atoms with Gasteiger partial charge in [-0.3, -0.25) is 0 Å². The number of rotatable bonds is 0. The lowest BCUT2D eigenvalue weighted by atomic mass is 10.2. The summed E-state index contributed by atoms with van der Waals surface area (Å²) < 4.78 is 0. The third kappa shape index (κ3) is 1.91. The lowest BCUT2D eigenvalue weighted by Crippen LogP contribution is -2.23. The molecule has 1 aliphatic carbocycles.